The topological polar surface area (TPSA) is 84.9 Å². The van der Waals surface area contributed by atoms with Crippen molar-refractivity contribution in [1.29, 1.82) is 0 Å². The number of hydrogen-bond donors (Lipinski definition) is 1. The van der Waals surface area contributed by atoms with Gasteiger partial charge in [0.2, 0.25) is 10.0 Å². The molecule has 0 radical (unpaired) electrons. The lowest BCUT2D eigenvalue weighted by atomic mass is 10.2. The Balaban J connectivity index is 1.76. The first-order chi connectivity index (χ1) is 15.2. The third kappa shape index (κ3) is 6.78. The summed E-state index contributed by atoms with van der Waals surface area (Å²) in [6, 6.07) is 5.61. The number of benzene rings is 2. The minimum absolute atomic E-state index is 0.211. The summed E-state index contributed by atoms with van der Waals surface area (Å²) in [5, 5.41) is -0.640. The molecule has 0 bridgehead atoms. The van der Waals surface area contributed by atoms with E-state index < -0.39 is 45.0 Å². The molecule has 7 nitrogen and oxygen atoms in total. The van der Waals surface area contributed by atoms with Gasteiger partial charge in [0, 0.05) is 24.7 Å². The lowest BCUT2D eigenvalue weighted by Gasteiger charge is -2.21. The van der Waals surface area contributed by atoms with Crippen molar-refractivity contribution in [3.05, 3.63) is 51.8 Å². The number of alkyl halides is 3. The number of ether oxygens (including phenoxy) is 2. The Bertz CT molecular complexity index is 1180. The van der Waals surface area contributed by atoms with Crippen LogP contribution in [-0.4, -0.2) is 46.1 Å². The number of hydrogen-bond acceptors (Lipinski definition) is 6. The number of nitrogens with zero attached hydrogens (tertiary/aromatic N) is 1. The summed E-state index contributed by atoms with van der Waals surface area (Å²) in [5.41, 5.74) is 0.222. The molecule has 2 aromatic carbocycles. The molecule has 1 N–H and O–H groups in total. The molecule has 1 saturated heterocycles. The summed E-state index contributed by atoms with van der Waals surface area (Å²) < 4.78 is 85.3. The van der Waals surface area contributed by atoms with Crippen LogP contribution in [0.15, 0.2) is 30.3 Å². The van der Waals surface area contributed by atoms with Crippen LogP contribution >= 0.6 is 23.2 Å². The van der Waals surface area contributed by atoms with E-state index in [1.807, 2.05) is 0 Å². The van der Waals surface area contributed by atoms with Gasteiger partial charge in [-0.2, -0.15) is 0 Å². The predicted octanol–water partition coefficient (Wildman–Crippen LogP) is 4.38. The van der Waals surface area contributed by atoms with E-state index in [1.54, 1.807) is 9.62 Å². The summed E-state index contributed by atoms with van der Waals surface area (Å²) in [4.78, 5) is 14.1. The number of halogens is 6. The molecule has 0 unspecified atom stereocenters. The molecule has 14 heteroatoms. The molecular formula is C19H16Cl2F4N2O5S. The van der Waals surface area contributed by atoms with E-state index in [4.69, 9.17) is 27.9 Å². The monoisotopic (exact) mass is 530 g/mol. The van der Waals surface area contributed by atoms with E-state index in [0.717, 1.165) is 24.5 Å². The number of carbonyl (C=O) groups is 1. The Kier molecular flexibility index (Phi) is 7.20. The summed E-state index contributed by atoms with van der Waals surface area (Å²) in [5.74, 6) is -2.67. The molecule has 1 atom stereocenters. The molecule has 2 aromatic rings. The third-order valence-electron chi connectivity index (χ3n) is 4.49. The highest BCUT2D eigenvalue weighted by Gasteiger charge is 2.33. The first-order valence-electron chi connectivity index (χ1n) is 9.20. The first-order valence-corrected chi connectivity index (χ1v) is 11.8. The lowest BCUT2D eigenvalue weighted by Crippen LogP contribution is -2.30. The quantitative estimate of drug-likeness (QED) is 0.558. The highest BCUT2D eigenvalue weighted by molar-refractivity contribution is 7.89. The van der Waals surface area contributed by atoms with Crippen LogP contribution < -0.4 is 19.1 Å². The molecule has 0 spiro atoms. The van der Waals surface area contributed by atoms with Gasteiger partial charge in [0.1, 0.15) is 23.4 Å². The van der Waals surface area contributed by atoms with Crippen LogP contribution in [0.5, 0.6) is 11.5 Å². The van der Waals surface area contributed by atoms with Gasteiger partial charge in [-0.05, 0) is 24.3 Å². The van der Waals surface area contributed by atoms with E-state index in [9.17, 15) is 30.8 Å². The Morgan fingerprint density at radius 3 is 2.45 bits per heavy atom. The number of anilines is 1. The minimum atomic E-state index is -4.88. The average Bonchev–Trinajstić information content (AvgIpc) is 3.12. The second-order valence-corrected chi connectivity index (χ2v) is 9.67. The second-order valence-electron chi connectivity index (χ2n) is 7.10. The fourth-order valence-corrected chi connectivity index (χ4v) is 3.98. The van der Waals surface area contributed by atoms with Gasteiger partial charge >= 0.3 is 6.36 Å². The van der Waals surface area contributed by atoms with E-state index in [0.29, 0.717) is 18.7 Å². The maximum absolute atomic E-state index is 14.0. The first kappa shape index (κ1) is 25.2. The Morgan fingerprint density at radius 1 is 1.15 bits per heavy atom. The number of nitrogens with one attached hydrogen (secondary N) is 1. The molecule has 1 aliphatic heterocycles. The second kappa shape index (κ2) is 9.43. The molecule has 0 aliphatic carbocycles. The van der Waals surface area contributed by atoms with Gasteiger partial charge in [-0.1, -0.05) is 23.2 Å². The van der Waals surface area contributed by atoms with Crippen LogP contribution in [0.25, 0.3) is 0 Å². The highest BCUT2D eigenvalue weighted by Crippen LogP contribution is 2.35. The van der Waals surface area contributed by atoms with Crippen molar-refractivity contribution in [3.8, 4) is 11.5 Å². The van der Waals surface area contributed by atoms with Crippen molar-refractivity contribution < 1.29 is 40.2 Å². The molecule has 0 saturated carbocycles. The molecule has 1 heterocycles. The molecule has 0 aromatic heterocycles. The summed E-state index contributed by atoms with van der Waals surface area (Å²) in [6.07, 6.45) is -4.25. The number of sulfonamides is 1. The van der Waals surface area contributed by atoms with Gasteiger partial charge in [-0.25, -0.2) is 17.5 Å². The van der Waals surface area contributed by atoms with E-state index >= 15 is 0 Å². The zero-order valence-electron chi connectivity index (χ0n) is 16.7. The number of carbonyl (C=O) groups excluding carboxylic acids is 1. The van der Waals surface area contributed by atoms with Gasteiger partial charge in [0.05, 0.1) is 28.4 Å². The maximum Gasteiger partial charge on any atom is 0.573 e. The van der Waals surface area contributed by atoms with E-state index in [2.05, 4.69) is 4.74 Å². The molecular weight excluding hydrogens is 515 g/mol. The molecule has 1 amide bonds. The summed E-state index contributed by atoms with van der Waals surface area (Å²) >= 11 is 11.6. The van der Waals surface area contributed by atoms with Crippen LogP contribution in [0.3, 0.4) is 0 Å². The van der Waals surface area contributed by atoms with Crippen molar-refractivity contribution >= 4 is 44.8 Å². The standard InChI is InChI=1S/C19H16Cl2F4N2O5S/c1-33(29,30)26-18(28)12-7-13(20)15(22)8-17(12)31-11-4-5-27(9-11)10-2-3-16(14(21)6-10)32-19(23,24)25/h2-3,6-8,11H,4-5,9H2,1H3,(H,26,28)/t11-/m0/s1. The largest absolute Gasteiger partial charge is 0.573 e. The van der Waals surface area contributed by atoms with Crippen molar-refractivity contribution in [2.75, 3.05) is 24.2 Å². The normalized spacial score (nSPS) is 16.6. The van der Waals surface area contributed by atoms with Crippen molar-refractivity contribution in [1.82, 2.24) is 4.72 Å². The molecule has 1 fully saturated rings. The van der Waals surface area contributed by atoms with Crippen molar-refractivity contribution in [2.24, 2.45) is 0 Å². The Morgan fingerprint density at radius 2 is 1.85 bits per heavy atom. The zero-order valence-corrected chi connectivity index (χ0v) is 19.1. The number of rotatable bonds is 6. The Hall–Kier alpha value is -2.44. The van der Waals surface area contributed by atoms with Gasteiger partial charge in [0.25, 0.3) is 5.91 Å². The van der Waals surface area contributed by atoms with Gasteiger partial charge in [-0.15, -0.1) is 13.2 Å². The van der Waals surface area contributed by atoms with Crippen LogP contribution in [0.1, 0.15) is 16.8 Å². The van der Waals surface area contributed by atoms with Crippen LogP contribution in [-0.2, 0) is 10.0 Å². The molecule has 33 heavy (non-hydrogen) atoms. The lowest BCUT2D eigenvalue weighted by molar-refractivity contribution is -0.274. The number of amides is 1. The highest BCUT2D eigenvalue weighted by atomic mass is 35.5. The molecule has 3 rings (SSSR count). The van der Waals surface area contributed by atoms with Crippen LogP contribution in [0, 0.1) is 5.82 Å². The van der Waals surface area contributed by atoms with E-state index in [1.165, 1.54) is 12.1 Å². The molecule has 180 valence electrons. The van der Waals surface area contributed by atoms with Gasteiger partial charge < -0.3 is 14.4 Å². The third-order valence-corrected chi connectivity index (χ3v) is 5.63. The Labute approximate surface area is 196 Å². The van der Waals surface area contributed by atoms with Crippen molar-refractivity contribution in [2.45, 2.75) is 18.9 Å². The van der Waals surface area contributed by atoms with Crippen LogP contribution in [0.2, 0.25) is 10.0 Å². The van der Waals surface area contributed by atoms with Gasteiger partial charge in [-0.3, -0.25) is 4.79 Å². The average molecular weight is 531 g/mol. The fourth-order valence-electron chi connectivity index (χ4n) is 3.16. The maximum atomic E-state index is 14.0. The van der Waals surface area contributed by atoms with Crippen molar-refractivity contribution in [3.63, 3.8) is 0 Å². The fraction of sp³-hybridized carbons (Fsp3) is 0.316. The minimum Gasteiger partial charge on any atom is -0.488 e. The summed E-state index contributed by atoms with van der Waals surface area (Å²) in [6.45, 7) is 0.647. The SMILES string of the molecule is CS(=O)(=O)NC(=O)c1cc(Cl)c(F)cc1O[C@H]1CCN(c2ccc(OC(F)(F)F)c(Cl)c2)C1. The predicted molar refractivity (Wildman–Crippen MR) is 113 cm³/mol. The smallest absolute Gasteiger partial charge is 0.488 e. The zero-order chi connectivity index (χ0) is 24.6. The van der Waals surface area contributed by atoms with E-state index in [-0.39, 0.29) is 22.9 Å². The van der Waals surface area contributed by atoms with Crippen LogP contribution in [0.4, 0.5) is 23.2 Å². The van der Waals surface area contributed by atoms with Gasteiger partial charge in [0.15, 0.2) is 0 Å². The summed E-state index contributed by atoms with van der Waals surface area (Å²) in [7, 11) is -3.90. The molecule has 1 aliphatic rings.